The maximum atomic E-state index is 13.1. The van der Waals surface area contributed by atoms with Crippen molar-refractivity contribution < 1.29 is 13.2 Å². The lowest BCUT2D eigenvalue weighted by atomic mass is 9.97. The van der Waals surface area contributed by atoms with Gasteiger partial charge in [0.2, 0.25) is 10.0 Å². The number of likely N-dealkylation sites (tertiary alicyclic amines) is 1. The van der Waals surface area contributed by atoms with Crippen molar-refractivity contribution in [3.8, 4) is 0 Å². The average Bonchev–Trinajstić information content (AvgIpc) is 2.85. The van der Waals surface area contributed by atoms with Crippen LogP contribution in [0.2, 0.25) is 0 Å². The first kappa shape index (κ1) is 24.7. The van der Waals surface area contributed by atoms with Gasteiger partial charge >= 0.3 is 6.03 Å². The Hall–Kier alpha value is -2.42. The van der Waals surface area contributed by atoms with Crippen LogP contribution in [0.4, 0.5) is 4.79 Å². The third-order valence-corrected chi connectivity index (χ3v) is 8.92. The predicted molar refractivity (Wildman–Crippen MR) is 134 cm³/mol. The molecule has 2 saturated heterocycles. The van der Waals surface area contributed by atoms with Gasteiger partial charge in [0.1, 0.15) is 0 Å². The summed E-state index contributed by atoms with van der Waals surface area (Å²) in [6, 6.07) is 15.9. The maximum Gasteiger partial charge on any atom is 0.317 e. The van der Waals surface area contributed by atoms with E-state index in [9.17, 15) is 13.2 Å². The van der Waals surface area contributed by atoms with Crippen LogP contribution < -0.4 is 5.32 Å². The zero-order valence-electron chi connectivity index (χ0n) is 20.2. The van der Waals surface area contributed by atoms with Gasteiger partial charge < -0.3 is 10.2 Å². The topological polar surface area (TPSA) is 73.0 Å². The minimum Gasteiger partial charge on any atom is -0.338 e. The SMILES string of the molecule is Cc1ccc(C)c(S(=O)(=O)N2CCN(C(=O)NCC3CCCN(Cc4ccccc4)C3)CC2)c1. The Balaban J connectivity index is 1.25. The third kappa shape index (κ3) is 5.98. The highest BCUT2D eigenvalue weighted by Crippen LogP contribution is 2.23. The summed E-state index contributed by atoms with van der Waals surface area (Å²) < 4.78 is 27.8. The van der Waals surface area contributed by atoms with Crippen molar-refractivity contribution in [2.75, 3.05) is 45.8 Å². The molecule has 2 amide bonds. The number of aryl methyl sites for hydroxylation is 2. The van der Waals surface area contributed by atoms with Gasteiger partial charge in [-0.05, 0) is 61.9 Å². The molecule has 2 aliphatic rings. The Morgan fingerprint density at radius 1 is 1.00 bits per heavy atom. The summed E-state index contributed by atoms with van der Waals surface area (Å²) >= 11 is 0. The molecular formula is C26H36N4O3S. The van der Waals surface area contributed by atoms with Crippen molar-refractivity contribution in [3.05, 3.63) is 65.2 Å². The standard InChI is InChI=1S/C26H36N4O3S/c1-21-10-11-22(2)25(17-21)34(32,33)30-15-13-29(14-16-30)26(31)27-18-24-9-6-12-28(20-24)19-23-7-4-3-5-8-23/h3-5,7-8,10-11,17,24H,6,9,12-16,18-20H2,1-2H3,(H,27,31). The zero-order valence-corrected chi connectivity index (χ0v) is 21.1. The molecule has 1 unspecified atom stereocenters. The van der Waals surface area contributed by atoms with Crippen molar-refractivity contribution >= 4 is 16.1 Å². The molecule has 0 bridgehead atoms. The minimum absolute atomic E-state index is 0.0935. The molecule has 1 atom stereocenters. The van der Waals surface area contributed by atoms with E-state index in [0.717, 1.165) is 43.6 Å². The summed E-state index contributed by atoms with van der Waals surface area (Å²) in [4.78, 5) is 17.3. The van der Waals surface area contributed by atoms with Gasteiger partial charge in [0, 0.05) is 45.8 Å². The van der Waals surface area contributed by atoms with Crippen LogP contribution in [0.1, 0.15) is 29.5 Å². The molecule has 8 heteroatoms. The lowest BCUT2D eigenvalue weighted by Gasteiger charge is -2.36. The van der Waals surface area contributed by atoms with E-state index in [1.54, 1.807) is 11.0 Å². The number of carbonyl (C=O) groups is 1. The van der Waals surface area contributed by atoms with Gasteiger partial charge in [-0.3, -0.25) is 4.90 Å². The van der Waals surface area contributed by atoms with E-state index in [0.29, 0.717) is 43.5 Å². The summed E-state index contributed by atoms with van der Waals surface area (Å²) in [6.07, 6.45) is 2.26. The molecule has 4 rings (SSSR count). The van der Waals surface area contributed by atoms with Gasteiger partial charge in [0.15, 0.2) is 0 Å². The molecule has 2 heterocycles. The molecule has 184 valence electrons. The van der Waals surface area contributed by atoms with E-state index in [-0.39, 0.29) is 6.03 Å². The molecule has 7 nitrogen and oxygen atoms in total. The normalized spacial score (nSPS) is 20.3. The number of hydrogen-bond donors (Lipinski definition) is 1. The smallest absolute Gasteiger partial charge is 0.317 e. The molecule has 2 aliphatic heterocycles. The van der Waals surface area contributed by atoms with Gasteiger partial charge in [-0.2, -0.15) is 4.31 Å². The van der Waals surface area contributed by atoms with Crippen LogP contribution in [-0.2, 0) is 16.6 Å². The van der Waals surface area contributed by atoms with E-state index >= 15 is 0 Å². The Bertz CT molecular complexity index is 1080. The molecule has 0 aromatic heterocycles. The largest absolute Gasteiger partial charge is 0.338 e. The second-order valence-corrected chi connectivity index (χ2v) is 11.5. The van der Waals surface area contributed by atoms with Crippen LogP contribution in [0.3, 0.4) is 0 Å². The maximum absolute atomic E-state index is 13.1. The fourth-order valence-electron chi connectivity index (χ4n) is 4.90. The van der Waals surface area contributed by atoms with Crippen molar-refractivity contribution in [3.63, 3.8) is 0 Å². The number of carbonyl (C=O) groups excluding carboxylic acids is 1. The molecule has 2 fully saturated rings. The van der Waals surface area contributed by atoms with Gasteiger partial charge in [-0.15, -0.1) is 0 Å². The lowest BCUT2D eigenvalue weighted by Crippen LogP contribution is -2.54. The number of rotatable bonds is 6. The molecule has 1 N–H and O–H groups in total. The number of nitrogens with one attached hydrogen (secondary N) is 1. The van der Waals surface area contributed by atoms with Crippen LogP contribution >= 0.6 is 0 Å². The van der Waals surface area contributed by atoms with Crippen molar-refractivity contribution in [2.24, 2.45) is 5.92 Å². The predicted octanol–water partition coefficient (Wildman–Crippen LogP) is 3.23. The van der Waals surface area contributed by atoms with Crippen LogP contribution in [0, 0.1) is 19.8 Å². The van der Waals surface area contributed by atoms with Gasteiger partial charge in [-0.25, -0.2) is 13.2 Å². The number of piperidine rings is 1. The number of hydrogen-bond acceptors (Lipinski definition) is 4. The fraction of sp³-hybridized carbons (Fsp3) is 0.500. The Morgan fingerprint density at radius 3 is 2.47 bits per heavy atom. The molecule has 34 heavy (non-hydrogen) atoms. The summed E-state index contributed by atoms with van der Waals surface area (Å²) in [5, 5.41) is 3.10. The van der Waals surface area contributed by atoms with Crippen LogP contribution in [0.15, 0.2) is 53.4 Å². The Labute approximate surface area is 203 Å². The molecule has 0 saturated carbocycles. The fourth-order valence-corrected chi connectivity index (χ4v) is 6.63. The minimum atomic E-state index is -3.56. The van der Waals surface area contributed by atoms with Crippen molar-refractivity contribution in [1.82, 2.24) is 19.4 Å². The van der Waals surface area contributed by atoms with E-state index < -0.39 is 10.0 Å². The van der Waals surface area contributed by atoms with Crippen LogP contribution in [0.25, 0.3) is 0 Å². The number of piperazine rings is 1. The van der Waals surface area contributed by atoms with Crippen molar-refractivity contribution in [2.45, 2.75) is 38.1 Å². The molecule has 0 radical (unpaired) electrons. The molecule has 2 aromatic rings. The molecular weight excluding hydrogens is 448 g/mol. The first-order valence-corrected chi connectivity index (χ1v) is 13.6. The summed E-state index contributed by atoms with van der Waals surface area (Å²) in [7, 11) is -3.56. The highest BCUT2D eigenvalue weighted by molar-refractivity contribution is 7.89. The molecule has 0 aliphatic carbocycles. The van der Waals surface area contributed by atoms with Gasteiger partial charge in [0.25, 0.3) is 0 Å². The van der Waals surface area contributed by atoms with E-state index in [1.807, 2.05) is 32.0 Å². The molecule has 0 spiro atoms. The van der Waals surface area contributed by atoms with Gasteiger partial charge in [0.05, 0.1) is 4.90 Å². The Kier molecular flexibility index (Phi) is 7.91. The van der Waals surface area contributed by atoms with Crippen LogP contribution in [0.5, 0.6) is 0 Å². The number of sulfonamides is 1. The highest BCUT2D eigenvalue weighted by Gasteiger charge is 2.31. The monoisotopic (exact) mass is 484 g/mol. The van der Waals surface area contributed by atoms with E-state index in [1.165, 1.54) is 9.87 Å². The quantitative estimate of drug-likeness (QED) is 0.683. The lowest BCUT2D eigenvalue weighted by molar-refractivity contribution is 0.152. The number of urea groups is 1. The number of nitrogens with zero attached hydrogens (tertiary/aromatic N) is 3. The van der Waals surface area contributed by atoms with Gasteiger partial charge in [-0.1, -0.05) is 42.5 Å². The number of benzene rings is 2. The molecule has 2 aromatic carbocycles. The summed E-state index contributed by atoms with van der Waals surface area (Å²) in [6.45, 7) is 8.84. The van der Waals surface area contributed by atoms with Crippen molar-refractivity contribution in [1.29, 1.82) is 0 Å². The first-order chi connectivity index (χ1) is 16.3. The van der Waals surface area contributed by atoms with E-state index in [2.05, 4.69) is 34.5 Å². The second-order valence-electron chi connectivity index (χ2n) is 9.58. The third-order valence-electron chi connectivity index (χ3n) is 6.88. The highest BCUT2D eigenvalue weighted by atomic mass is 32.2. The van der Waals surface area contributed by atoms with E-state index in [4.69, 9.17) is 0 Å². The first-order valence-electron chi connectivity index (χ1n) is 12.2. The van der Waals surface area contributed by atoms with Crippen LogP contribution in [-0.4, -0.2) is 74.4 Å². The summed E-state index contributed by atoms with van der Waals surface area (Å²) in [5.41, 5.74) is 2.99. The average molecular weight is 485 g/mol. The second kappa shape index (κ2) is 10.9. The zero-order chi connectivity index (χ0) is 24.1. The summed E-state index contributed by atoms with van der Waals surface area (Å²) in [5.74, 6) is 0.437. The number of amides is 2. The Morgan fingerprint density at radius 2 is 1.74 bits per heavy atom.